The van der Waals surface area contributed by atoms with Crippen LogP contribution < -0.4 is 10.0 Å². The fourth-order valence-corrected chi connectivity index (χ4v) is 4.02. The number of fused-ring (bicyclic) bond motifs is 1. The molecule has 8 nitrogen and oxygen atoms in total. The number of carbonyl (C=O) groups is 2. The van der Waals surface area contributed by atoms with Crippen LogP contribution in [0.4, 0.5) is 0 Å². The monoisotopic (exact) mass is 415 g/mol. The number of hydrogen-bond acceptors (Lipinski definition) is 6. The molecule has 0 saturated heterocycles. The van der Waals surface area contributed by atoms with E-state index in [9.17, 15) is 18.0 Å². The smallest absolute Gasteiger partial charge is 0.308 e. The Morgan fingerprint density at radius 2 is 1.76 bits per heavy atom. The van der Waals surface area contributed by atoms with Crippen molar-refractivity contribution in [1.82, 2.24) is 10.0 Å². The minimum atomic E-state index is -3.61. The van der Waals surface area contributed by atoms with Gasteiger partial charge in [-0.15, -0.1) is 0 Å². The highest BCUT2D eigenvalue weighted by molar-refractivity contribution is 7.90. The van der Waals surface area contributed by atoms with E-state index in [4.69, 9.17) is 4.74 Å². The Balaban J connectivity index is 1.38. The van der Waals surface area contributed by atoms with Crippen LogP contribution in [0, 0.1) is 0 Å². The van der Waals surface area contributed by atoms with Gasteiger partial charge in [-0.3, -0.25) is 19.3 Å². The second kappa shape index (κ2) is 9.33. The number of aliphatic imine (C=N–C) groups is 1. The summed E-state index contributed by atoms with van der Waals surface area (Å²) in [7, 11) is -3.61. The molecule has 0 aromatic heterocycles. The van der Waals surface area contributed by atoms with Crippen molar-refractivity contribution < 1.29 is 22.7 Å². The molecule has 0 saturated carbocycles. The zero-order valence-electron chi connectivity index (χ0n) is 15.6. The minimum absolute atomic E-state index is 0.0423. The number of carbonyl (C=O) groups excluding carboxylic acids is 2. The second-order valence-corrected chi connectivity index (χ2v) is 7.98. The number of amides is 1. The van der Waals surface area contributed by atoms with Gasteiger partial charge in [-0.25, -0.2) is 8.42 Å². The van der Waals surface area contributed by atoms with Crippen LogP contribution in [0.25, 0.3) is 0 Å². The average molecular weight is 415 g/mol. The molecule has 0 aliphatic carbocycles. The third-order valence-electron chi connectivity index (χ3n) is 4.19. The summed E-state index contributed by atoms with van der Waals surface area (Å²) in [4.78, 5) is 27.8. The van der Waals surface area contributed by atoms with Crippen molar-refractivity contribution in [3.05, 3.63) is 65.7 Å². The molecule has 2 aromatic carbocycles. The summed E-state index contributed by atoms with van der Waals surface area (Å²) in [6.07, 6.45) is 0.625. The number of benzene rings is 2. The summed E-state index contributed by atoms with van der Waals surface area (Å²) >= 11 is 0. The van der Waals surface area contributed by atoms with Gasteiger partial charge in [0.2, 0.25) is 0 Å². The molecule has 0 fully saturated rings. The van der Waals surface area contributed by atoms with E-state index in [2.05, 4.69) is 15.0 Å². The molecule has 1 aliphatic heterocycles. The van der Waals surface area contributed by atoms with Gasteiger partial charge in [0.1, 0.15) is 5.84 Å². The zero-order valence-corrected chi connectivity index (χ0v) is 16.4. The van der Waals surface area contributed by atoms with Gasteiger partial charge >= 0.3 is 5.97 Å². The van der Waals surface area contributed by atoms with Gasteiger partial charge < -0.3 is 10.1 Å². The predicted molar refractivity (Wildman–Crippen MR) is 107 cm³/mol. The van der Waals surface area contributed by atoms with Gasteiger partial charge in [-0.2, -0.15) is 0 Å². The Kier molecular flexibility index (Phi) is 6.61. The predicted octanol–water partition coefficient (Wildman–Crippen LogP) is 1.02. The molecule has 0 bridgehead atoms. The molecule has 0 unspecified atom stereocenters. The van der Waals surface area contributed by atoms with E-state index in [0.717, 1.165) is 5.56 Å². The van der Waals surface area contributed by atoms with Gasteiger partial charge in [0, 0.05) is 12.1 Å². The Morgan fingerprint density at radius 3 is 2.55 bits per heavy atom. The van der Waals surface area contributed by atoms with Crippen molar-refractivity contribution in [3.63, 3.8) is 0 Å². The molecule has 1 aliphatic rings. The van der Waals surface area contributed by atoms with Crippen LogP contribution in [0.2, 0.25) is 0 Å². The number of amidine groups is 1. The van der Waals surface area contributed by atoms with E-state index in [-0.39, 0.29) is 36.2 Å². The second-order valence-electron chi connectivity index (χ2n) is 6.33. The normalized spacial score (nSPS) is 15.4. The van der Waals surface area contributed by atoms with Crippen LogP contribution >= 0.6 is 0 Å². The first kappa shape index (κ1) is 20.5. The maximum Gasteiger partial charge on any atom is 0.308 e. The summed E-state index contributed by atoms with van der Waals surface area (Å²) in [5, 5.41) is 2.69. The molecule has 3 rings (SSSR count). The third-order valence-corrected chi connectivity index (χ3v) is 5.59. The van der Waals surface area contributed by atoms with Crippen LogP contribution in [0.3, 0.4) is 0 Å². The lowest BCUT2D eigenvalue weighted by molar-refractivity contribution is -0.148. The Bertz CT molecular complexity index is 1020. The van der Waals surface area contributed by atoms with Crippen LogP contribution in [-0.4, -0.2) is 45.8 Å². The number of nitrogens with zero attached hydrogens (tertiary/aromatic N) is 1. The van der Waals surface area contributed by atoms with Crippen molar-refractivity contribution >= 4 is 27.7 Å². The van der Waals surface area contributed by atoms with Gasteiger partial charge in [0.25, 0.3) is 15.9 Å². The fraction of sp³-hybridized carbons (Fsp3) is 0.250. The van der Waals surface area contributed by atoms with Gasteiger partial charge in [0.05, 0.1) is 17.9 Å². The van der Waals surface area contributed by atoms with Crippen molar-refractivity contribution in [1.29, 1.82) is 0 Å². The number of nitrogens with one attached hydrogen (secondary N) is 2. The highest BCUT2D eigenvalue weighted by Crippen LogP contribution is 2.22. The molecule has 0 spiro atoms. The SMILES string of the molecule is O=C(COC(=O)CCN=C1NS(=O)(=O)c2ccccc21)NCCc1ccccc1. The highest BCUT2D eigenvalue weighted by Gasteiger charge is 2.29. The summed E-state index contributed by atoms with van der Waals surface area (Å²) < 4.78 is 31.3. The lowest BCUT2D eigenvalue weighted by Crippen LogP contribution is -2.30. The first-order chi connectivity index (χ1) is 14.0. The molecule has 2 aromatic rings. The van der Waals surface area contributed by atoms with Crippen molar-refractivity contribution in [2.24, 2.45) is 4.99 Å². The van der Waals surface area contributed by atoms with E-state index < -0.39 is 16.0 Å². The molecule has 1 amide bonds. The third kappa shape index (κ3) is 5.64. The molecule has 2 N–H and O–H groups in total. The maximum atomic E-state index is 12.0. The summed E-state index contributed by atoms with van der Waals surface area (Å²) in [5.74, 6) is -0.758. The zero-order chi connectivity index (χ0) is 20.7. The molecule has 0 atom stereocenters. The molecular weight excluding hydrogens is 394 g/mol. The topological polar surface area (TPSA) is 114 Å². The van der Waals surface area contributed by atoms with E-state index >= 15 is 0 Å². The average Bonchev–Trinajstić information content (AvgIpc) is 2.98. The molecule has 152 valence electrons. The number of sulfonamides is 1. The summed E-state index contributed by atoms with van der Waals surface area (Å²) in [5.41, 5.74) is 1.58. The molecule has 1 heterocycles. The van der Waals surface area contributed by atoms with Gasteiger partial charge in [0.15, 0.2) is 6.61 Å². The van der Waals surface area contributed by atoms with Crippen LogP contribution in [-0.2, 0) is 30.8 Å². The number of ether oxygens (including phenoxy) is 1. The molecule has 9 heteroatoms. The molecule has 0 radical (unpaired) electrons. The summed E-state index contributed by atoms with van der Waals surface area (Å²) in [6.45, 7) is 0.133. The van der Waals surface area contributed by atoms with Gasteiger partial charge in [-0.1, -0.05) is 42.5 Å². The van der Waals surface area contributed by atoms with Crippen molar-refractivity contribution in [3.8, 4) is 0 Å². The molecular formula is C20H21N3O5S. The van der Waals surface area contributed by atoms with Crippen LogP contribution in [0.1, 0.15) is 17.5 Å². The van der Waals surface area contributed by atoms with Crippen molar-refractivity contribution in [2.45, 2.75) is 17.7 Å². The van der Waals surface area contributed by atoms with Gasteiger partial charge in [-0.05, 0) is 24.1 Å². The lowest BCUT2D eigenvalue weighted by Gasteiger charge is -2.06. The maximum absolute atomic E-state index is 12.0. The largest absolute Gasteiger partial charge is 0.456 e. The fourth-order valence-electron chi connectivity index (χ4n) is 2.77. The lowest BCUT2D eigenvalue weighted by atomic mass is 10.1. The summed E-state index contributed by atoms with van der Waals surface area (Å²) in [6, 6.07) is 16.2. The minimum Gasteiger partial charge on any atom is -0.456 e. The Hall–Kier alpha value is -3.20. The quantitative estimate of drug-likeness (QED) is 0.625. The van der Waals surface area contributed by atoms with Crippen molar-refractivity contribution in [2.75, 3.05) is 19.7 Å². The number of hydrogen-bond donors (Lipinski definition) is 2. The Morgan fingerprint density at radius 1 is 1.03 bits per heavy atom. The van der Waals surface area contributed by atoms with Crippen LogP contribution in [0.15, 0.2) is 64.5 Å². The first-order valence-corrected chi connectivity index (χ1v) is 10.6. The van der Waals surface area contributed by atoms with Crippen LogP contribution in [0.5, 0.6) is 0 Å². The highest BCUT2D eigenvalue weighted by atomic mass is 32.2. The van der Waals surface area contributed by atoms with E-state index in [1.165, 1.54) is 6.07 Å². The van der Waals surface area contributed by atoms with E-state index in [1.807, 2.05) is 30.3 Å². The number of esters is 1. The Labute approximate surface area is 169 Å². The molecule has 29 heavy (non-hydrogen) atoms. The standard InChI is InChI=1S/C20H21N3O5S/c24-18(21-12-10-15-6-2-1-3-7-15)14-28-19(25)11-13-22-20-16-8-4-5-9-17(16)29(26,27)23-20/h1-9H,10-14H2,(H,21,24)(H,22,23). The number of rotatable bonds is 8. The van der Waals surface area contributed by atoms with E-state index in [1.54, 1.807) is 18.2 Å². The first-order valence-electron chi connectivity index (χ1n) is 9.08. The van der Waals surface area contributed by atoms with E-state index in [0.29, 0.717) is 18.5 Å².